The molecule has 0 saturated carbocycles. The molecule has 1 aromatic rings. The zero-order valence-electron chi connectivity index (χ0n) is 10.3. The summed E-state index contributed by atoms with van der Waals surface area (Å²) in [5.74, 6) is 0.0267. The van der Waals surface area contributed by atoms with E-state index in [9.17, 15) is 17.9 Å². The molecule has 2 heterocycles. The fraction of sp³-hybridized carbons (Fsp3) is 0.538. The highest BCUT2D eigenvalue weighted by Crippen LogP contribution is 2.44. The van der Waals surface area contributed by atoms with E-state index in [0.717, 1.165) is 0 Å². The van der Waals surface area contributed by atoms with Gasteiger partial charge in [-0.25, -0.2) is 12.8 Å². The van der Waals surface area contributed by atoms with Gasteiger partial charge >= 0.3 is 0 Å². The second-order valence-electron chi connectivity index (χ2n) is 5.34. The lowest BCUT2D eigenvalue weighted by atomic mass is 9.84. The summed E-state index contributed by atoms with van der Waals surface area (Å²) < 4.78 is 42.0. The highest BCUT2D eigenvalue weighted by Gasteiger charge is 2.44. The average molecular weight is 286 g/mol. The van der Waals surface area contributed by atoms with Crippen LogP contribution in [0.25, 0.3) is 0 Å². The summed E-state index contributed by atoms with van der Waals surface area (Å²) in [6, 6.07) is 4.05. The van der Waals surface area contributed by atoms with Crippen LogP contribution < -0.4 is 4.74 Å². The van der Waals surface area contributed by atoms with Gasteiger partial charge in [0.2, 0.25) is 0 Å². The maximum Gasteiger partial charge on any atom is 0.150 e. The minimum absolute atomic E-state index is 0.0599. The van der Waals surface area contributed by atoms with Crippen molar-refractivity contribution < 1.29 is 22.7 Å². The van der Waals surface area contributed by atoms with Gasteiger partial charge in [-0.1, -0.05) is 0 Å². The Hall–Kier alpha value is -1.14. The van der Waals surface area contributed by atoms with Gasteiger partial charge in [-0.2, -0.15) is 0 Å². The van der Waals surface area contributed by atoms with Crippen molar-refractivity contribution in [3.05, 3.63) is 29.6 Å². The Morgan fingerprint density at radius 2 is 2.00 bits per heavy atom. The lowest BCUT2D eigenvalue weighted by Gasteiger charge is -2.42. The van der Waals surface area contributed by atoms with Gasteiger partial charge in [0, 0.05) is 30.9 Å². The molecule has 2 aliphatic rings. The number of fused-ring (bicyclic) bond motifs is 1. The normalized spacial score (nSPS) is 27.6. The Bertz CT molecular complexity index is 597. The van der Waals surface area contributed by atoms with Crippen LogP contribution in [0.3, 0.4) is 0 Å². The third-order valence-electron chi connectivity index (χ3n) is 3.96. The van der Waals surface area contributed by atoms with Crippen LogP contribution in [0.1, 0.15) is 30.9 Å². The van der Waals surface area contributed by atoms with Crippen LogP contribution in [0.5, 0.6) is 5.75 Å². The second kappa shape index (κ2) is 4.18. The minimum atomic E-state index is -3.00. The lowest BCUT2D eigenvalue weighted by molar-refractivity contribution is -0.0210. The van der Waals surface area contributed by atoms with E-state index >= 15 is 0 Å². The molecule has 1 N–H and O–H groups in total. The standard InChI is InChI=1S/C13H15FO4S/c14-9-1-2-10-11(15)8-13(18-12(10)7-9)3-5-19(16,17)6-4-13/h1-2,7,11,15H,3-6,8H2/t11-/m1/s1. The van der Waals surface area contributed by atoms with Gasteiger partial charge in [-0.05, 0) is 12.1 Å². The van der Waals surface area contributed by atoms with Crippen molar-refractivity contribution in [1.29, 1.82) is 0 Å². The summed E-state index contributed by atoms with van der Waals surface area (Å²) >= 11 is 0. The van der Waals surface area contributed by atoms with Gasteiger partial charge in [0.15, 0.2) is 9.84 Å². The van der Waals surface area contributed by atoms with E-state index < -0.39 is 27.4 Å². The predicted molar refractivity (Wildman–Crippen MR) is 67.2 cm³/mol. The highest BCUT2D eigenvalue weighted by molar-refractivity contribution is 7.91. The Morgan fingerprint density at radius 3 is 2.68 bits per heavy atom. The van der Waals surface area contributed by atoms with Crippen LogP contribution in [-0.2, 0) is 9.84 Å². The molecule has 6 heteroatoms. The molecule has 1 spiro atoms. The summed E-state index contributed by atoms with van der Waals surface area (Å²) in [4.78, 5) is 0. The van der Waals surface area contributed by atoms with Crippen LogP contribution in [0, 0.1) is 5.82 Å². The monoisotopic (exact) mass is 286 g/mol. The van der Waals surface area contributed by atoms with E-state index in [2.05, 4.69) is 0 Å². The van der Waals surface area contributed by atoms with Crippen molar-refractivity contribution in [3.63, 3.8) is 0 Å². The van der Waals surface area contributed by atoms with Crippen LogP contribution in [0.4, 0.5) is 4.39 Å². The van der Waals surface area contributed by atoms with Crippen LogP contribution in [0.2, 0.25) is 0 Å². The molecular weight excluding hydrogens is 271 g/mol. The zero-order valence-corrected chi connectivity index (χ0v) is 11.1. The van der Waals surface area contributed by atoms with Crippen molar-refractivity contribution >= 4 is 9.84 Å². The van der Waals surface area contributed by atoms with E-state index in [1.165, 1.54) is 18.2 Å². The first-order valence-corrected chi connectivity index (χ1v) is 8.08. The third kappa shape index (κ3) is 2.34. The number of sulfone groups is 1. The largest absolute Gasteiger partial charge is 0.487 e. The van der Waals surface area contributed by atoms with E-state index in [1.54, 1.807) is 0 Å². The number of rotatable bonds is 0. The van der Waals surface area contributed by atoms with Crippen molar-refractivity contribution in [1.82, 2.24) is 0 Å². The van der Waals surface area contributed by atoms with Gasteiger partial charge in [0.1, 0.15) is 17.2 Å². The summed E-state index contributed by atoms with van der Waals surface area (Å²) in [5.41, 5.74) is -0.105. The summed E-state index contributed by atoms with van der Waals surface area (Å²) in [6.45, 7) is 0. The molecule has 0 bridgehead atoms. The summed E-state index contributed by atoms with van der Waals surface area (Å²) in [7, 11) is -3.00. The Labute approximate surface area is 111 Å². The molecule has 0 amide bonds. The van der Waals surface area contributed by atoms with Gasteiger partial charge in [-0.15, -0.1) is 0 Å². The summed E-state index contributed by atoms with van der Waals surface area (Å²) in [6.07, 6.45) is 0.330. The molecule has 1 fully saturated rings. The van der Waals surface area contributed by atoms with E-state index in [1.807, 2.05) is 0 Å². The van der Waals surface area contributed by atoms with Gasteiger partial charge < -0.3 is 9.84 Å². The van der Waals surface area contributed by atoms with Crippen molar-refractivity contribution in [3.8, 4) is 5.75 Å². The molecule has 1 saturated heterocycles. The number of ether oxygens (including phenoxy) is 1. The Balaban J connectivity index is 1.92. The number of aliphatic hydroxyl groups is 1. The first-order valence-electron chi connectivity index (χ1n) is 6.26. The fourth-order valence-corrected chi connectivity index (χ4v) is 4.40. The molecule has 19 heavy (non-hydrogen) atoms. The second-order valence-corrected chi connectivity index (χ2v) is 7.64. The molecule has 0 aliphatic carbocycles. The van der Waals surface area contributed by atoms with E-state index in [-0.39, 0.29) is 11.5 Å². The van der Waals surface area contributed by atoms with Gasteiger partial charge in [0.25, 0.3) is 0 Å². The molecule has 0 aromatic heterocycles. The SMILES string of the molecule is O=S1(=O)CCC2(CC1)C[C@@H](O)c1ccc(F)cc1O2. The third-order valence-corrected chi connectivity index (χ3v) is 5.62. The molecule has 1 aromatic carbocycles. The molecule has 104 valence electrons. The number of benzene rings is 1. The Kier molecular flexibility index (Phi) is 2.83. The van der Waals surface area contributed by atoms with E-state index in [0.29, 0.717) is 30.6 Å². The maximum absolute atomic E-state index is 13.2. The number of hydrogen-bond acceptors (Lipinski definition) is 4. The van der Waals surface area contributed by atoms with Crippen LogP contribution in [-0.4, -0.2) is 30.6 Å². The van der Waals surface area contributed by atoms with Crippen LogP contribution in [0.15, 0.2) is 18.2 Å². The van der Waals surface area contributed by atoms with Crippen molar-refractivity contribution in [2.45, 2.75) is 31.0 Å². The topological polar surface area (TPSA) is 63.6 Å². The zero-order chi connectivity index (χ0) is 13.7. The van der Waals surface area contributed by atoms with Gasteiger partial charge in [0.05, 0.1) is 17.6 Å². The highest BCUT2D eigenvalue weighted by atomic mass is 32.2. The number of aliphatic hydroxyl groups excluding tert-OH is 1. The molecule has 0 unspecified atom stereocenters. The Morgan fingerprint density at radius 1 is 1.32 bits per heavy atom. The number of hydrogen-bond donors (Lipinski definition) is 1. The molecular formula is C13H15FO4S. The van der Waals surface area contributed by atoms with Crippen LogP contribution >= 0.6 is 0 Å². The first-order chi connectivity index (χ1) is 8.89. The van der Waals surface area contributed by atoms with Gasteiger partial charge in [-0.3, -0.25) is 0 Å². The summed E-state index contributed by atoms with van der Waals surface area (Å²) in [5, 5.41) is 10.1. The maximum atomic E-state index is 13.2. The minimum Gasteiger partial charge on any atom is -0.487 e. The molecule has 4 nitrogen and oxygen atoms in total. The molecule has 2 aliphatic heterocycles. The molecule has 0 radical (unpaired) electrons. The quantitative estimate of drug-likeness (QED) is 0.786. The van der Waals surface area contributed by atoms with E-state index in [4.69, 9.17) is 4.74 Å². The lowest BCUT2D eigenvalue weighted by Crippen LogP contribution is -2.47. The smallest absolute Gasteiger partial charge is 0.150 e. The van der Waals surface area contributed by atoms with Crippen molar-refractivity contribution in [2.75, 3.05) is 11.5 Å². The molecule has 1 atom stereocenters. The fourth-order valence-electron chi connectivity index (χ4n) is 2.83. The number of halogens is 1. The first kappa shape index (κ1) is 12.9. The average Bonchev–Trinajstić information content (AvgIpc) is 2.33. The van der Waals surface area contributed by atoms with Crippen molar-refractivity contribution in [2.24, 2.45) is 0 Å². The predicted octanol–water partition coefficient (Wildman–Crippen LogP) is 1.59. The molecule has 3 rings (SSSR count).